The Labute approximate surface area is 148 Å². The first kappa shape index (κ1) is 18.7. The minimum atomic E-state index is -4.16. The SMILES string of the molecule is COC(=O)c1ccc(Cl)c(NS(=O)(=O)c2cc([N+](=O)[O-])ccc2C)c1. The molecule has 0 bridgehead atoms. The van der Waals surface area contributed by atoms with Crippen molar-refractivity contribution < 1.29 is 22.9 Å². The highest BCUT2D eigenvalue weighted by molar-refractivity contribution is 7.92. The fourth-order valence-electron chi connectivity index (χ4n) is 2.04. The number of nitrogens with one attached hydrogen (secondary N) is 1. The maximum atomic E-state index is 12.6. The Bertz CT molecular complexity index is 958. The zero-order valence-corrected chi connectivity index (χ0v) is 14.7. The average molecular weight is 385 g/mol. The van der Waals surface area contributed by atoms with Crippen LogP contribution < -0.4 is 4.72 Å². The minimum absolute atomic E-state index is 0.0459. The van der Waals surface area contributed by atoms with Crippen LogP contribution in [0.3, 0.4) is 0 Å². The lowest BCUT2D eigenvalue weighted by molar-refractivity contribution is -0.385. The number of sulfonamides is 1. The van der Waals surface area contributed by atoms with Gasteiger partial charge in [0.25, 0.3) is 15.7 Å². The van der Waals surface area contributed by atoms with Gasteiger partial charge in [-0.05, 0) is 30.7 Å². The first-order valence-electron chi connectivity index (χ1n) is 6.81. The molecule has 25 heavy (non-hydrogen) atoms. The lowest BCUT2D eigenvalue weighted by Crippen LogP contribution is -2.15. The Kier molecular flexibility index (Phi) is 5.29. The molecule has 132 valence electrons. The van der Waals surface area contributed by atoms with E-state index in [4.69, 9.17) is 11.6 Å². The number of rotatable bonds is 5. The van der Waals surface area contributed by atoms with E-state index in [0.29, 0.717) is 5.56 Å². The topological polar surface area (TPSA) is 116 Å². The molecule has 0 spiro atoms. The van der Waals surface area contributed by atoms with Crippen LogP contribution in [-0.4, -0.2) is 26.4 Å². The Morgan fingerprint density at radius 2 is 1.92 bits per heavy atom. The molecule has 0 amide bonds. The Morgan fingerprint density at radius 3 is 2.52 bits per heavy atom. The van der Waals surface area contributed by atoms with Gasteiger partial charge < -0.3 is 4.74 Å². The average Bonchev–Trinajstić information content (AvgIpc) is 2.55. The van der Waals surface area contributed by atoms with Crippen molar-refractivity contribution >= 4 is 39.0 Å². The summed E-state index contributed by atoms with van der Waals surface area (Å²) >= 11 is 5.97. The van der Waals surface area contributed by atoms with E-state index in [1.54, 1.807) is 0 Å². The molecule has 0 aliphatic rings. The van der Waals surface area contributed by atoms with Crippen molar-refractivity contribution in [1.82, 2.24) is 0 Å². The van der Waals surface area contributed by atoms with Gasteiger partial charge in [0.2, 0.25) is 0 Å². The third kappa shape index (κ3) is 4.06. The van der Waals surface area contributed by atoms with Gasteiger partial charge in [0.15, 0.2) is 0 Å². The zero-order chi connectivity index (χ0) is 18.8. The molecule has 10 heteroatoms. The molecule has 0 atom stereocenters. The van der Waals surface area contributed by atoms with Gasteiger partial charge in [-0.25, -0.2) is 13.2 Å². The molecule has 0 saturated carbocycles. The third-order valence-electron chi connectivity index (χ3n) is 3.30. The molecule has 0 aromatic heterocycles. The molecule has 0 saturated heterocycles. The Hall–Kier alpha value is -2.65. The molecule has 2 rings (SSSR count). The van der Waals surface area contributed by atoms with Gasteiger partial charge in [-0.1, -0.05) is 17.7 Å². The number of nitrogens with zero attached hydrogens (tertiary/aromatic N) is 1. The van der Waals surface area contributed by atoms with Crippen LogP contribution in [0.1, 0.15) is 15.9 Å². The largest absolute Gasteiger partial charge is 0.465 e. The first-order chi connectivity index (χ1) is 11.7. The smallest absolute Gasteiger partial charge is 0.337 e. The number of esters is 1. The van der Waals surface area contributed by atoms with Crippen LogP contribution in [0, 0.1) is 17.0 Å². The third-order valence-corrected chi connectivity index (χ3v) is 5.14. The number of non-ortho nitro benzene ring substituents is 1. The van der Waals surface area contributed by atoms with Crippen molar-refractivity contribution in [2.24, 2.45) is 0 Å². The van der Waals surface area contributed by atoms with E-state index in [9.17, 15) is 23.3 Å². The predicted octanol–water partition coefficient (Wildman–Crippen LogP) is 3.14. The maximum Gasteiger partial charge on any atom is 0.337 e. The number of anilines is 1. The number of aryl methyl sites for hydroxylation is 1. The number of nitro benzene ring substituents is 1. The number of carbonyl (C=O) groups excluding carboxylic acids is 1. The number of halogens is 1. The van der Waals surface area contributed by atoms with Crippen LogP contribution in [0.4, 0.5) is 11.4 Å². The van der Waals surface area contributed by atoms with E-state index in [1.807, 2.05) is 0 Å². The van der Waals surface area contributed by atoms with Crippen LogP contribution in [-0.2, 0) is 14.8 Å². The normalized spacial score (nSPS) is 11.0. The summed E-state index contributed by atoms with van der Waals surface area (Å²) in [4.78, 5) is 21.5. The van der Waals surface area contributed by atoms with Crippen molar-refractivity contribution in [3.8, 4) is 0 Å². The molecular weight excluding hydrogens is 372 g/mol. The van der Waals surface area contributed by atoms with Crippen LogP contribution >= 0.6 is 11.6 Å². The number of methoxy groups -OCH3 is 1. The number of hydrogen-bond acceptors (Lipinski definition) is 6. The standard InChI is InChI=1S/C15H13ClN2O6S/c1-9-3-5-11(18(20)21)8-14(9)25(22,23)17-13-7-10(15(19)24-2)4-6-12(13)16/h3-8,17H,1-2H3. The van der Waals surface area contributed by atoms with Crippen LogP contribution in [0.25, 0.3) is 0 Å². The maximum absolute atomic E-state index is 12.6. The Balaban J connectivity index is 2.48. The van der Waals surface area contributed by atoms with Gasteiger partial charge in [0.1, 0.15) is 0 Å². The molecule has 2 aromatic carbocycles. The van der Waals surface area contributed by atoms with Crippen molar-refractivity contribution in [1.29, 1.82) is 0 Å². The quantitative estimate of drug-likeness (QED) is 0.481. The summed E-state index contributed by atoms with van der Waals surface area (Å²) in [5, 5.41) is 10.9. The van der Waals surface area contributed by atoms with E-state index in [0.717, 1.165) is 6.07 Å². The second kappa shape index (κ2) is 7.08. The van der Waals surface area contributed by atoms with Gasteiger partial charge in [0, 0.05) is 12.1 Å². The van der Waals surface area contributed by atoms with Gasteiger partial charge in [-0.15, -0.1) is 0 Å². The molecule has 0 heterocycles. The molecule has 0 aliphatic heterocycles. The van der Waals surface area contributed by atoms with Crippen molar-refractivity contribution in [3.63, 3.8) is 0 Å². The van der Waals surface area contributed by atoms with E-state index < -0.39 is 20.9 Å². The highest BCUT2D eigenvalue weighted by Crippen LogP contribution is 2.28. The van der Waals surface area contributed by atoms with Crippen LogP contribution in [0.2, 0.25) is 5.02 Å². The van der Waals surface area contributed by atoms with E-state index in [2.05, 4.69) is 9.46 Å². The second-order valence-corrected chi connectivity index (χ2v) is 7.06. The highest BCUT2D eigenvalue weighted by Gasteiger charge is 2.22. The number of hydrogen-bond donors (Lipinski definition) is 1. The van der Waals surface area contributed by atoms with Crippen molar-refractivity contribution in [3.05, 3.63) is 62.7 Å². The minimum Gasteiger partial charge on any atom is -0.465 e. The first-order valence-corrected chi connectivity index (χ1v) is 8.67. The van der Waals surface area contributed by atoms with Gasteiger partial charge in [-0.2, -0.15) is 0 Å². The lowest BCUT2D eigenvalue weighted by atomic mass is 10.2. The highest BCUT2D eigenvalue weighted by atomic mass is 35.5. The fourth-order valence-corrected chi connectivity index (χ4v) is 3.60. The second-order valence-electron chi connectivity index (χ2n) is 5.00. The molecule has 8 nitrogen and oxygen atoms in total. The number of ether oxygens (including phenoxy) is 1. The van der Waals surface area contributed by atoms with Crippen LogP contribution in [0.15, 0.2) is 41.3 Å². The summed E-state index contributed by atoms with van der Waals surface area (Å²) in [5.74, 6) is -0.663. The molecule has 0 radical (unpaired) electrons. The van der Waals surface area contributed by atoms with Crippen molar-refractivity contribution in [2.75, 3.05) is 11.8 Å². The molecular formula is C15H13ClN2O6S. The summed E-state index contributed by atoms with van der Waals surface area (Å²) in [7, 11) is -2.97. The van der Waals surface area contributed by atoms with Gasteiger partial charge in [-0.3, -0.25) is 14.8 Å². The summed E-state index contributed by atoms with van der Waals surface area (Å²) in [6, 6.07) is 7.43. The molecule has 0 aliphatic carbocycles. The zero-order valence-electron chi connectivity index (χ0n) is 13.1. The molecule has 0 fully saturated rings. The summed E-state index contributed by atoms with van der Waals surface area (Å²) in [6.07, 6.45) is 0. The van der Waals surface area contributed by atoms with E-state index in [1.165, 1.54) is 44.4 Å². The monoisotopic (exact) mass is 384 g/mol. The molecule has 1 N–H and O–H groups in total. The van der Waals surface area contributed by atoms with Crippen molar-refractivity contribution in [2.45, 2.75) is 11.8 Å². The number of benzene rings is 2. The van der Waals surface area contributed by atoms with E-state index in [-0.39, 0.29) is 26.9 Å². The predicted molar refractivity (Wildman–Crippen MR) is 91.4 cm³/mol. The fraction of sp³-hybridized carbons (Fsp3) is 0.133. The Morgan fingerprint density at radius 1 is 1.24 bits per heavy atom. The van der Waals surface area contributed by atoms with E-state index >= 15 is 0 Å². The summed E-state index contributed by atoms with van der Waals surface area (Å²) in [6.45, 7) is 1.50. The van der Waals surface area contributed by atoms with Gasteiger partial charge in [0.05, 0.1) is 33.2 Å². The number of nitro groups is 1. The molecule has 2 aromatic rings. The van der Waals surface area contributed by atoms with Gasteiger partial charge >= 0.3 is 5.97 Å². The molecule has 0 unspecified atom stereocenters. The number of carbonyl (C=O) groups is 1. The summed E-state index contributed by atoms with van der Waals surface area (Å²) in [5.41, 5.74) is 0.00886. The lowest BCUT2D eigenvalue weighted by Gasteiger charge is -2.12. The summed E-state index contributed by atoms with van der Waals surface area (Å²) < 4.78 is 32.0. The van der Waals surface area contributed by atoms with Crippen LogP contribution in [0.5, 0.6) is 0 Å².